The minimum Gasteiger partial charge on any atom is -0.508 e. The van der Waals surface area contributed by atoms with Crippen molar-refractivity contribution < 1.29 is 5.11 Å². The van der Waals surface area contributed by atoms with E-state index in [9.17, 15) is 5.11 Å². The molecule has 1 rings (SSSR count). The van der Waals surface area contributed by atoms with Crippen molar-refractivity contribution in [3.63, 3.8) is 0 Å². The second kappa shape index (κ2) is 13.5. The Morgan fingerprint density at radius 3 is 1.65 bits per heavy atom. The van der Waals surface area contributed by atoms with Gasteiger partial charge in [-0.25, -0.2) is 0 Å². The lowest BCUT2D eigenvalue weighted by molar-refractivity contribution is 0.401. The summed E-state index contributed by atoms with van der Waals surface area (Å²) < 4.78 is 0. The number of rotatable bonds is 14. The summed E-state index contributed by atoms with van der Waals surface area (Å²) in [5, 5.41) is 9.44. The molecule has 1 nitrogen and oxygen atoms in total. The lowest BCUT2D eigenvalue weighted by Crippen LogP contribution is -2.05. The Morgan fingerprint density at radius 2 is 1.17 bits per heavy atom. The Labute approximate surface area is 144 Å². The molecule has 1 aromatic rings. The summed E-state index contributed by atoms with van der Waals surface area (Å²) in [6.45, 7) is 4.56. The minimum atomic E-state index is 0.379. The molecule has 0 fully saturated rings. The molecule has 1 aromatic carbocycles. The minimum absolute atomic E-state index is 0.379. The van der Waals surface area contributed by atoms with Crippen molar-refractivity contribution in [1.29, 1.82) is 0 Å². The lowest BCUT2D eigenvalue weighted by Gasteiger charge is -2.17. The van der Waals surface area contributed by atoms with Crippen LogP contribution in [0.4, 0.5) is 0 Å². The molecule has 0 aliphatic rings. The number of hydrogen-bond acceptors (Lipinski definition) is 1. The molecule has 1 N–H and O–H groups in total. The van der Waals surface area contributed by atoms with Crippen LogP contribution in [0.25, 0.3) is 0 Å². The van der Waals surface area contributed by atoms with E-state index in [0.717, 1.165) is 5.92 Å². The van der Waals surface area contributed by atoms with Crippen LogP contribution in [-0.4, -0.2) is 5.11 Å². The van der Waals surface area contributed by atoms with E-state index in [1.54, 1.807) is 0 Å². The number of phenols is 1. The van der Waals surface area contributed by atoms with E-state index >= 15 is 0 Å². The van der Waals surface area contributed by atoms with Crippen molar-refractivity contribution in [3.05, 3.63) is 29.8 Å². The van der Waals surface area contributed by atoms with Crippen LogP contribution in [-0.2, 0) is 6.42 Å². The fraction of sp³-hybridized carbons (Fsp3) is 0.727. The molecule has 0 saturated carbocycles. The molecule has 0 bridgehead atoms. The Hall–Kier alpha value is -0.980. The van der Waals surface area contributed by atoms with E-state index in [4.69, 9.17) is 0 Å². The number of benzene rings is 1. The van der Waals surface area contributed by atoms with Gasteiger partial charge in [-0.3, -0.25) is 0 Å². The summed E-state index contributed by atoms with van der Waals surface area (Å²) in [7, 11) is 0. The zero-order valence-corrected chi connectivity index (χ0v) is 15.5. The molecule has 0 amide bonds. The van der Waals surface area contributed by atoms with E-state index in [1.165, 1.54) is 89.0 Å². The number of unbranched alkanes of at least 4 members (excludes halogenated alkanes) is 8. The molecule has 0 heterocycles. The second-order valence-electron chi connectivity index (χ2n) is 7.14. The molecular formula is C22H38O. The van der Waals surface area contributed by atoms with Crippen molar-refractivity contribution in [2.24, 2.45) is 5.92 Å². The van der Waals surface area contributed by atoms with Gasteiger partial charge in [-0.2, -0.15) is 0 Å². The fourth-order valence-corrected chi connectivity index (χ4v) is 3.39. The Balaban J connectivity index is 2.35. The third-order valence-electron chi connectivity index (χ3n) is 4.89. The number of hydrogen-bond donors (Lipinski definition) is 1. The van der Waals surface area contributed by atoms with Crippen LogP contribution in [0.1, 0.15) is 96.5 Å². The average molecular weight is 319 g/mol. The smallest absolute Gasteiger partial charge is 0.115 e. The maximum absolute atomic E-state index is 9.44. The Morgan fingerprint density at radius 1 is 0.696 bits per heavy atom. The van der Waals surface area contributed by atoms with E-state index in [-0.39, 0.29) is 0 Å². The highest BCUT2D eigenvalue weighted by Crippen LogP contribution is 2.23. The molecule has 132 valence electrons. The maximum atomic E-state index is 9.44. The molecule has 0 saturated heterocycles. The van der Waals surface area contributed by atoms with E-state index in [1.807, 2.05) is 12.1 Å². The Kier molecular flexibility index (Phi) is 11.7. The van der Waals surface area contributed by atoms with Gasteiger partial charge in [0.25, 0.3) is 0 Å². The summed E-state index contributed by atoms with van der Waals surface area (Å²) in [6, 6.07) is 7.84. The third-order valence-corrected chi connectivity index (χ3v) is 4.89. The van der Waals surface area contributed by atoms with Crippen molar-refractivity contribution in [1.82, 2.24) is 0 Å². The van der Waals surface area contributed by atoms with Crippen molar-refractivity contribution >= 4 is 0 Å². The Bertz CT molecular complexity index is 354. The van der Waals surface area contributed by atoms with Gasteiger partial charge in [0.1, 0.15) is 5.75 Å². The largest absolute Gasteiger partial charge is 0.508 e. The van der Waals surface area contributed by atoms with Crippen molar-refractivity contribution in [3.8, 4) is 5.75 Å². The van der Waals surface area contributed by atoms with Gasteiger partial charge in [0.05, 0.1) is 0 Å². The fourth-order valence-electron chi connectivity index (χ4n) is 3.39. The molecule has 23 heavy (non-hydrogen) atoms. The van der Waals surface area contributed by atoms with E-state index in [0.29, 0.717) is 5.75 Å². The van der Waals surface area contributed by atoms with Crippen LogP contribution in [0.2, 0.25) is 0 Å². The van der Waals surface area contributed by atoms with Gasteiger partial charge in [-0.15, -0.1) is 0 Å². The molecule has 0 unspecified atom stereocenters. The first-order chi connectivity index (χ1) is 11.3. The standard InChI is InChI=1S/C22H38O/c1-3-5-7-9-11-13-20(14-12-10-8-6-4-2)19-21-15-17-22(23)18-16-21/h15-18,20,23H,3-14,19H2,1-2H3. The number of aromatic hydroxyl groups is 1. The van der Waals surface area contributed by atoms with Gasteiger partial charge in [0.15, 0.2) is 0 Å². The zero-order chi connectivity index (χ0) is 16.8. The monoisotopic (exact) mass is 318 g/mol. The van der Waals surface area contributed by atoms with E-state index in [2.05, 4.69) is 26.0 Å². The van der Waals surface area contributed by atoms with Gasteiger partial charge in [0.2, 0.25) is 0 Å². The maximum Gasteiger partial charge on any atom is 0.115 e. The average Bonchev–Trinajstić information content (AvgIpc) is 2.56. The van der Waals surface area contributed by atoms with Gasteiger partial charge in [0, 0.05) is 0 Å². The highest BCUT2D eigenvalue weighted by atomic mass is 16.3. The zero-order valence-electron chi connectivity index (χ0n) is 15.5. The summed E-state index contributed by atoms with van der Waals surface area (Å²) in [4.78, 5) is 0. The van der Waals surface area contributed by atoms with Crippen LogP contribution >= 0.6 is 0 Å². The molecule has 0 spiro atoms. The molecule has 1 heteroatoms. The highest BCUT2D eigenvalue weighted by molar-refractivity contribution is 5.26. The first kappa shape index (κ1) is 20.1. The predicted molar refractivity (Wildman–Crippen MR) is 102 cm³/mol. The molecular weight excluding hydrogens is 280 g/mol. The van der Waals surface area contributed by atoms with Crippen LogP contribution in [0.5, 0.6) is 5.75 Å². The van der Waals surface area contributed by atoms with Gasteiger partial charge >= 0.3 is 0 Å². The van der Waals surface area contributed by atoms with Gasteiger partial charge in [-0.05, 0) is 30.0 Å². The van der Waals surface area contributed by atoms with Crippen LogP contribution in [0, 0.1) is 5.92 Å². The summed E-state index contributed by atoms with van der Waals surface area (Å²) in [5.41, 5.74) is 1.38. The first-order valence-electron chi connectivity index (χ1n) is 10.0. The summed E-state index contributed by atoms with van der Waals surface area (Å²) in [6.07, 6.45) is 17.7. The van der Waals surface area contributed by atoms with Gasteiger partial charge < -0.3 is 5.11 Å². The lowest BCUT2D eigenvalue weighted by atomic mass is 9.89. The molecule has 0 atom stereocenters. The van der Waals surface area contributed by atoms with Crippen LogP contribution < -0.4 is 0 Å². The van der Waals surface area contributed by atoms with Crippen molar-refractivity contribution in [2.75, 3.05) is 0 Å². The highest BCUT2D eigenvalue weighted by Gasteiger charge is 2.10. The summed E-state index contributed by atoms with van der Waals surface area (Å²) in [5.74, 6) is 1.20. The molecule has 0 radical (unpaired) electrons. The normalized spacial score (nSPS) is 11.3. The third kappa shape index (κ3) is 10.4. The summed E-state index contributed by atoms with van der Waals surface area (Å²) >= 11 is 0. The van der Waals surface area contributed by atoms with Crippen LogP contribution in [0.15, 0.2) is 24.3 Å². The first-order valence-corrected chi connectivity index (χ1v) is 10.0. The molecule has 0 aromatic heterocycles. The molecule has 0 aliphatic carbocycles. The topological polar surface area (TPSA) is 20.2 Å². The van der Waals surface area contributed by atoms with E-state index < -0.39 is 0 Å². The quantitative estimate of drug-likeness (QED) is 0.357. The SMILES string of the molecule is CCCCCCCC(CCCCCCC)Cc1ccc(O)cc1. The van der Waals surface area contributed by atoms with Crippen molar-refractivity contribution in [2.45, 2.75) is 97.3 Å². The van der Waals surface area contributed by atoms with Crippen LogP contribution in [0.3, 0.4) is 0 Å². The second-order valence-corrected chi connectivity index (χ2v) is 7.14. The number of phenolic OH excluding ortho intramolecular Hbond substituents is 1. The predicted octanol–water partition coefficient (Wildman–Crippen LogP) is 7.27. The molecule has 0 aliphatic heterocycles. The van der Waals surface area contributed by atoms with Gasteiger partial charge in [-0.1, -0.05) is 103 Å².